The Morgan fingerprint density at radius 3 is 2.55 bits per heavy atom. The normalized spacial score (nSPS) is 16.5. The van der Waals surface area contributed by atoms with Crippen molar-refractivity contribution in [2.75, 3.05) is 13.1 Å². The standard InChI is InChI=1S/C23H23N3O3/c27-21(13-6-16-4-2-1-3-5-16)26-14-20(15-26)28-19-11-9-17(10-12-19)22-24-23(29-25-22)18-7-8-18/h1-5,9-12,18,20H,6-8,13-15H2. The average Bonchev–Trinajstić information content (AvgIpc) is 3.47. The zero-order chi connectivity index (χ0) is 19.6. The first kappa shape index (κ1) is 17.9. The molecule has 0 bridgehead atoms. The summed E-state index contributed by atoms with van der Waals surface area (Å²) in [6.07, 6.45) is 3.65. The van der Waals surface area contributed by atoms with Crippen LogP contribution in [0.5, 0.6) is 5.75 Å². The van der Waals surface area contributed by atoms with E-state index in [0.717, 1.165) is 36.5 Å². The van der Waals surface area contributed by atoms with E-state index in [4.69, 9.17) is 9.26 Å². The molecule has 1 aliphatic carbocycles. The summed E-state index contributed by atoms with van der Waals surface area (Å²) in [5, 5.41) is 4.06. The highest BCUT2D eigenvalue weighted by atomic mass is 16.5. The Balaban J connectivity index is 1.09. The third-order valence-corrected chi connectivity index (χ3v) is 5.45. The molecule has 0 atom stereocenters. The number of nitrogens with zero attached hydrogens (tertiary/aromatic N) is 3. The quantitative estimate of drug-likeness (QED) is 0.614. The maximum Gasteiger partial charge on any atom is 0.230 e. The van der Waals surface area contributed by atoms with Crippen molar-refractivity contribution in [3.8, 4) is 17.1 Å². The van der Waals surface area contributed by atoms with E-state index in [9.17, 15) is 4.79 Å². The molecule has 1 aliphatic heterocycles. The van der Waals surface area contributed by atoms with Gasteiger partial charge < -0.3 is 14.2 Å². The van der Waals surface area contributed by atoms with Crippen LogP contribution in [-0.4, -0.2) is 40.1 Å². The molecule has 1 amide bonds. The summed E-state index contributed by atoms with van der Waals surface area (Å²) in [5.74, 6) is 2.80. The van der Waals surface area contributed by atoms with Crippen LogP contribution in [0, 0.1) is 0 Å². The Hall–Kier alpha value is -3.15. The number of likely N-dealkylation sites (tertiary alicyclic amines) is 1. The highest BCUT2D eigenvalue weighted by molar-refractivity contribution is 5.77. The maximum absolute atomic E-state index is 12.3. The van der Waals surface area contributed by atoms with Crippen molar-refractivity contribution in [3.05, 3.63) is 66.1 Å². The lowest BCUT2D eigenvalue weighted by atomic mass is 10.1. The fourth-order valence-corrected chi connectivity index (χ4v) is 3.49. The molecule has 0 radical (unpaired) electrons. The SMILES string of the molecule is O=C(CCc1ccccc1)N1CC(Oc2ccc(-c3noc(C4CC4)n3)cc2)C1. The van der Waals surface area contributed by atoms with Crippen LogP contribution in [0.25, 0.3) is 11.4 Å². The molecule has 29 heavy (non-hydrogen) atoms. The number of rotatable bonds is 7. The average molecular weight is 389 g/mol. The van der Waals surface area contributed by atoms with Gasteiger partial charge in [0.25, 0.3) is 0 Å². The van der Waals surface area contributed by atoms with E-state index in [0.29, 0.717) is 31.3 Å². The van der Waals surface area contributed by atoms with E-state index in [1.807, 2.05) is 47.4 Å². The molecule has 1 saturated carbocycles. The van der Waals surface area contributed by atoms with E-state index >= 15 is 0 Å². The molecular formula is C23H23N3O3. The number of benzene rings is 2. The first-order valence-corrected chi connectivity index (χ1v) is 10.2. The molecular weight excluding hydrogens is 366 g/mol. The largest absolute Gasteiger partial charge is 0.487 e. The van der Waals surface area contributed by atoms with Crippen LogP contribution in [0.15, 0.2) is 59.1 Å². The predicted molar refractivity (Wildman–Crippen MR) is 107 cm³/mol. The molecule has 2 aromatic carbocycles. The molecule has 0 N–H and O–H groups in total. The predicted octanol–water partition coefficient (Wildman–Crippen LogP) is 3.84. The number of aromatic nitrogens is 2. The number of ether oxygens (including phenoxy) is 1. The molecule has 6 nitrogen and oxygen atoms in total. The highest BCUT2D eigenvalue weighted by Crippen LogP contribution is 2.39. The van der Waals surface area contributed by atoms with Crippen molar-refractivity contribution in [2.45, 2.75) is 37.7 Å². The third kappa shape index (κ3) is 4.16. The van der Waals surface area contributed by atoms with Crippen LogP contribution in [0.3, 0.4) is 0 Å². The number of aryl methyl sites for hydroxylation is 1. The summed E-state index contributed by atoms with van der Waals surface area (Å²) in [6, 6.07) is 17.8. The summed E-state index contributed by atoms with van der Waals surface area (Å²) >= 11 is 0. The monoisotopic (exact) mass is 389 g/mol. The maximum atomic E-state index is 12.3. The number of hydrogen-bond donors (Lipinski definition) is 0. The summed E-state index contributed by atoms with van der Waals surface area (Å²) in [4.78, 5) is 18.6. The third-order valence-electron chi connectivity index (χ3n) is 5.45. The topological polar surface area (TPSA) is 68.5 Å². The number of hydrogen-bond acceptors (Lipinski definition) is 5. The zero-order valence-corrected chi connectivity index (χ0v) is 16.2. The van der Waals surface area contributed by atoms with Crippen molar-refractivity contribution in [1.82, 2.24) is 15.0 Å². The van der Waals surface area contributed by atoms with Crippen LogP contribution in [0.2, 0.25) is 0 Å². The van der Waals surface area contributed by atoms with E-state index in [1.54, 1.807) is 0 Å². The number of carbonyl (C=O) groups is 1. The fourth-order valence-electron chi connectivity index (χ4n) is 3.49. The minimum atomic E-state index is 0.0492. The van der Waals surface area contributed by atoms with Crippen molar-refractivity contribution < 1.29 is 14.1 Å². The van der Waals surface area contributed by atoms with Gasteiger partial charge in [-0.15, -0.1) is 0 Å². The van der Waals surface area contributed by atoms with Crippen LogP contribution in [0.1, 0.15) is 36.6 Å². The summed E-state index contributed by atoms with van der Waals surface area (Å²) in [7, 11) is 0. The number of carbonyl (C=O) groups excluding carboxylic acids is 1. The molecule has 0 spiro atoms. The van der Waals surface area contributed by atoms with Crippen LogP contribution < -0.4 is 4.74 Å². The van der Waals surface area contributed by atoms with Gasteiger partial charge in [0.2, 0.25) is 17.6 Å². The van der Waals surface area contributed by atoms with Gasteiger partial charge in [-0.2, -0.15) is 4.98 Å². The molecule has 148 valence electrons. The van der Waals surface area contributed by atoms with Gasteiger partial charge in [0, 0.05) is 17.9 Å². The molecule has 2 heterocycles. The van der Waals surface area contributed by atoms with Crippen molar-refractivity contribution >= 4 is 5.91 Å². The van der Waals surface area contributed by atoms with E-state index in [1.165, 1.54) is 5.56 Å². The van der Waals surface area contributed by atoms with Gasteiger partial charge in [0.05, 0.1) is 13.1 Å². The van der Waals surface area contributed by atoms with Gasteiger partial charge in [-0.1, -0.05) is 35.5 Å². The van der Waals surface area contributed by atoms with Gasteiger partial charge >= 0.3 is 0 Å². The smallest absolute Gasteiger partial charge is 0.230 e. The van der Waals surface area contributed by atoms with Crippen LogP contribution in [-0.2, 0) is 11.2 Å². The van der Waals surface area contributed by atoms with Crippen molar-refractivity contribution in [1.29, 1.82) is 0 Å². The lowest BCUT2D eigenvalue weighted by Gasteiger charge is -2.39. The molecule has 2 aliphatic rings. The van der Waals surface area contributed by atoms with Gasteiger partial charge in [-0.05, 0) is 49.1 Å². The minimum Gasteiger partial charge on any atom is -0.487 e. The molecule has 0 unspecified atom stereocenters. The summed E-state index contributed by atoms with van der Waals surface area (Å²) in [5.41, 5.74) is 2.11. The van der Waals surface area contributed by atoms with E-state index in [2.05, 4.69) is 22.3 Å². The van der Waals surface area contributed by atoms with Gasteiger partial charge in [-0.25, -0.2) is 0 Å². The Bertz CT molecular complexity index is 974. The molecule has 3 aromatic rings. The Morgan fingerprint density at radius 2 is 1.83 bits per heavy atom. The molecule has 2 fully saturated rings. The van der Waals surface area contributed by atoms with Crippen LogP contribution >= 0.6 is 0 Å². The van der Waals surface area contributed by atoms with Crippen molar-refractivity contribution in [3.63, 3.8) is 0 Å². The zero-order valence-electron chi connectivity index (χ0n) is 16.2. The Morgan fingerprint density at radius 1 is 1.07 bits per heavy atom. The summed E-state index contributed by atoms with van der Waals surface area (Å²) in [6.45, 7) is 1.29. The van der Waals surface area contributed by atoms with Crippen LogP contribution in [0.4, 0.5) is 0 Å². The summed E-state index contributed by atoms with van der Waals surface area (Å²) < 4.78 is 11.3. The van der Waals surface area contributed by atoms with Gasteiger partial charge in [0.15, 0.2) is 0 Å². The molecule has 1 aromatic heterocycles. The first-order chi connectivity index (χ1) is 14.2. The van der Waals surface area contributed by atoms with E-state index in [-0.39, 0.29) is 12.0 Å². The lowest BCUT2D eigenvalue weighted by Crippen LogP contribution is -2.56. The second-order valence-electron chi connectivity index (χ2n) is 7.78. The second kappa shape index (κ2) is 7.70. The second-order valence-corrected chi connectivity index (χ2v) is 7.78. The van der Waals surface area contributed by atoms with Crippen molar-refractivity contribution in [2.24, 2.45) is 0 Å². The molecule has 5 rings (SSSR count). The molecule has 6 heteroatoms. The Kier molecular flexibility index (Phi) is 4.76. The highest BCUT2D eigenvalue weighted by Gasteiger charge is 2.32. The lowest BCUT2D eigenvalue weighted by molar-refractivity contribution is -0.139. The van der Waals surface area contributed by atoms with E-state index < -0.39 is 0 Å². The first-order valence-electron chi connectivity index (χ1n) is 10.2. The van der Waals surface area contributed by atoms with Gasteiger partial charge in [-0.3, -0.25) is 4.79 Å². The Labute approximate surface area is 169 Å². The van der Waals surface area contributed by atoms with Gasteiger partial charge in [0.1, 0.15) is 11.9 Å². The number of amides is 1. The molecule has 1 saturated heterocycles. The minimum absolute atomic E-state index is 0.0492. The fraction of sp³-hybridized carbons (Fsp3) is 0.348.